The first-order valence-electron chi connectivity index (χ1n) is 4.50. The second-order valence-corrected chi connectivity index (χ2v) is 3.37. The van der Waals surface area contributed by atoms with E-state index in [1.807, 2.05) is 0 Å². The second kappa shape index (κ2) is 4.56. The van der Waals surface area contributed by atoms with E-state index in [9.17, 15) is 35.9 Å². The molecule has 0 amide bonds. The molecule has 3 nitrogen and oxygen atoms in total. The van der Waals surface area contributed by atoms with Gasteiger partial charge in [0.05, 0.1) is 16.7 Å². The van der Waals surface area contributed by atoms with Gasteiger partial charge in [0.2, 0.25) is 0 Å². The Hall–Kier alpha value is -2.06. The lowest BCUT2D eigenvalue weighted by Gasteiger charge is -2.18. The van der Waals surface area contributed by atoms with Gasteiger partial charge in [-0.05, 0) is 12.1 Å². The van der Waals surface area contributed by atoms with Crippen LogP contribution in [0.5, 0.6) is 0 Å². The number of hydrogen-bond acceptors (Lipinski definition) is 2. The molecule has 0 bridgehead atoms. The van der Waals surface area contributed by atoms with E-state index < -0.39 is 46.9 Å². The van der Waals surface area contributed by atoms with Crippen LogP contribution in [0.4, 0.5) is 26.3 Å². The molecule has 1 aromatic carbocycles. The summed E-state index contributed by atoms with van der Waals surface area (Å²) >= 11 is 0. The SMILES string of the molecule is O=Cc1c(C(=O)O)ccc(C(F)(F)F)c1C(F)(F)F. The van der Waals surface area contributed by atoms with Crippen molar-refractivity contribution in [3.8, 4) is 0 Å². The molecular weight excluding hydrogens is 282 g/mol. The van der Waals surface area contributed by atoms with Crippen LogP contribution in [0.3, 0.4) is 0 Å². The predicted octanol–water partition coefficient (Wildman–Crippen LogP) is 3.23. The van der Waals surface area contributed by atoms with E-state index in [0.29, 0.717) is 6.07 Å². The van der Waals surface area contributed by atoms with Crippen molar-refractivity contribution < 1.29 is 41.0 Å². The highest BCUT2D eigenvalue weighted by Gasteiger charge is 2.45. The fourth-order valence-electron chi connectivity index (χ4n) is 1.47. The van der Waals surface area contributed by atoms with Crippen LogP contribution in [0.1, 0.15) is 31.8 Å². The molecule has 0 aliphatic rings. The minimum atomic E-state index is -5.51. The van der Waals surface area contributed by atoms with Gasteiger partial charge in [-0.1, -0.05) is 0 Å². The van der Waals surface area contributed by atoms with Gasteiger partial charge in [-0.15, -0.1) is 0 Å². The number of carbonyl (C=O) groups excluding carboxylic acids is 1. The molecule has 1 N–H and O–H groups in total. The second-order valence-electron chi connectivity index (χ2n) is 3.37. The van der Waals surface area contributed by atoms with Crippen LogP contribution in [0.25, 0.3) is 0 Å². The van der Waals surface area contributed by atoms with Gasteiger partial charge in [0, 0.05) is 5.56 Å². The van der Waals surface area contributed by atoms with Crippen molar-refractivity contribution in [2.24, 2.45) is 0 Å². The number of carbonyl (C=O) groups is 2. The Morgan fingerprint density at radius 2 is 1.58 bits per heavy atom. The first-order chi connectivity index (χ1) is 8.50. The van der Waals surface area contributed by atoms with Gasteiger partial charge < -0.3 is 5.11 Å². The molecule has 0 fully saturated rings. The Morgan fingerprint density at radius 1 is 1.05 bits per heavy atom. The van der Waals surface area contributed by atoms with E-state index >= 15 is 0 Å². The molecule has 1 aromatic rings. The third kappa shape index (κ3) is 2.85. The maximum atomic E-state index is 12.6. The number of alkyl halides is 6. The topological polar surface area (TPSA) is 54.4 Å². The average Bonchev–Trinajstić information content (AvgIpc) is 2.24. The molecule has 0 unspecified atom stereocenters. The highest BCUT2D eigenvalue weighted by atomic mass is 19.4. The summed E-state index contributed by atoms with van der Waals surface area (Å²) in [5.41, 5.74) is -7.09. The number of rotatable bonds is 2. The van der Waals surface area contributed by atoms with Gasteiger partial charge in [0.1, 0.15) is 0 Å². The number of aromatic carboxylic acids is 1. The molecule has 19 heavy (non-hydrogen) atoms. The lowest BCUT2D eigenvalue weighted by molar-refractivity contribution is -0.162. The fourth-order valence-corrected chi connectivity index (χ4v) is 1.47. The Balaban J connectivity index is 3.82. The third-order valence-corrected chi connectivity index (χ3v) is 2.18. The normalized spacial score (nSPS) is 12.3. The van der Waals surface area contributed by atoms with Crippen molar-refractivity contribution in [1.29, 1.82) is 0 Å². The zero-order chi connectivity index (χ0) is 15.0. The summed E-state index contributed by atoms with van der Waals surface area (Å²) in [6.45, 7) is 0. The van der Waals surface area contributed by atoms with Crippen LogP contribution in [0.2, 0.25) is 0 Å². The number of carboxylic acids is 1. The van der Waals surface area contributed by atoms with Gasteiger partial charge in [0.25, 0.3) is 0 Å². The standard InChI is InChI=1S/C10H4F6O3/c11-9(12,13)6-2-1-4(8(18)19)5(3-17)7(6)10(14,15)16/h1-3H,(H,18,19). The largest absolute Gasteiger partial charge is 0.478 e. The maximum absolute atomic E-state index is 12.6. The zero-order valence-electron chi connectivity index (χ0n) is 8.76. The van der Waals surface area contributed by atoms with E-state index in [0.717, 1.165) is 0 Å². The van der Waals surface area contributed by atoms with E-state index in [4.69, 9.17) is 5.11 Å². The molecule has 0 heterocycles. The molecule has 0 radical (unpaired) electrons. The van der Waals surface area contributed by atoms with Crippen molar-refractivity contribution in [2.45, 2.75) is 12.4 Å². The zero-order valence-corrected chi connectivity index (χ0v) is 8.76. The summed E-state index contributed by atoms with van der Waals surface area (Å²) in [7, 11) is 0. The van der Waals surface area contributed by atoms with Crippen molar-refractivity contribution in [1.82, 2.24) is 0 Å². The molecule has 0 spiro atoms. The van der Waals surface area contributed by atoms with Crippen molar-refractivity contribution in [3.05, 3.63) is 34.4 Å². The highest BCUT2D eigenvalue weighted by molar-refractivity contribution is 5.98. The van der Waals surface area contributed by atoms with Crippen molar-refractivity contribution >= 4 is 12.3 Å². The molecule has 0 saturated heterocycles. The maximum Gasteiger partial charge on any atom is 0.417 e. The fraction of sp³-hybridized carbons (Fsp3) is 0.200. The Bertz CT molecular complexity index is 529. The average molecular weight is 286 g/mol. The van der Waals surface area contributed by atoms with E-state index in [2.05, 4.69) is 0 Å². The molecule has 9 heteroatoms. The Kier molecular flexibility index (Phi) is 3.60. The number of carboxylic acid groups (broad SMARTS) is 1. The Labute approximate surface area is 101 Å². The lowest BCUT2D eigenvalue weighted by atomic mass is 9.95. The number of halogens is 6. The molecule has 104 valence electrons. The molecular formula is C10H4F6O3. The molecule has 0 aliphatic carbocycles. The molecule has 0 aromatic heterocycles. The number of hydrogen-bond donors (Lipinski definition) is 1. The lowest BCUT2D eigenvalue weighted by Crippen LogP contribution is -2.21. The quantitative estimate of drug-likeness (QED) is 0.670. The van der Waals surface area contributed by atoms with Gasteiger partial charge in [-0.25, -0.2) is 4.79 Å². The summed E-state index contributed by atoms with van der Waals surface area (Å²) in [5.74, 6) is -1.93. The van der Waals surface area contributed by atoms with Crippen LogP contribution < -0.4 is 0 Å². The van der Waals surface area contributed by atoms with Crippen LogP contribution in [-0.2, 0) is 12.4 Å². The summed E-state index contributed by atoms with van der Waals surface area (Å²) in [6.07, 6.45) is -11.4. The molecule has 0 aliphatic heterocycles. The van der Waals surface area contributed by atoms with Crippen molar-refractivity contribution in [2.75, 3.05) is 0 Å². The minimum absolute atomic E-state index is 0.0146. The monoisotopic (exact) mass is 286 g/mol. The molecule has 0 atom stereocenters. The van der Waals surface area contributed by atoms with Crippen LogP contribution >= 0.6 is 0 Å². The van der Waals surface area contributed by atoms with Crippen molar-refractivity contribution in [3.63, 3.8) is 0 Å². The Morgan fingerprint density at radius 3 is 1.89 bits per heavy atom. The van der Waals surface area contributed by atoms with Gasteiger partial charge in [-0.2, -0.15) is 26.3 Å². The van der Waals surface area contributed by atoms with Crippen LogP contribution in [-0.4, -0.2) is 17.4 Å². The van der Waals surface area contributed by atoms with Gasteiger partial charge in [-0.3, -0.25) is 4.79 Å². The van der Waals surface area contributed by atoms with Gasteiger partial charge in [0.15, 0.2) is 6.29 Å². The highest BCUT2D eigenvalue weighted by Crippen LogP contribution is 2.42. The summed E-state index contributed by atoms with van der Waals surface area (Å²) in [5, 5.41) is 8.57. The molecule has 1 rings (SSSR count). The van der Waals surface area contributed by atoms with Crippen LogP contribution in [0.15, 0.2) is 12.1 Å². The summed E-state index contributed by atoms with van der Waals surface area (Å²) < 4.78 is 75.2. The smallest absolute Gasteiger partial charge is 0.417 e. The van der Waals surface area contributed by atoms with E-state index in [-0.39, 0.29) is 6.07 Å². The van der Waals surface area contributed by atoms with E-state index in [1.165, 1.54) is 0 Å². The minimum Gasteiger partial charge on any atom is -0.478 e. The van der Waals surface area contributed by atoms with E-state index in [1.54, 1.807) is 0 Å². The number of aldehydes is 1. The van der Waals surface area contributed by atoms with Crippen LogP contribution in [0, 0.1) is 0 Å². The summed E-state index contributed by atoms with van der Waals surface area (Å²) in [6, 6.07) is 0.295. The molecule has 0 saturated carbocycles. The first-order valence-corrected chi connectivity index (χ1v) is 4.50. The first kappa shape index (κ1) is 15.0. The van der Waals surface area contributed by atoms with Gasteiger partial charge >= 0.3 is 18.3 Å². The number of benzene rings is 1. The summed E-state index contributed by atoms with van der Waals surface area (Å²) in [4.78, 5) is 21.2. The third-order valence-electron chi connectivity index (χ3n) is 2.18. The predicted molar refractivity (Wildman–Crippen MR) is 48.8 cm³/mol.